The highest BCUT2D eigenvalue weighted by atomic mass is 19.4. The number of fused-ring (bicyclic) bond motifs is 2. The van der Waals surface area contributed by atoms with Crippen LogP contribution in [-0.4, -0.2) is 52.8 Å². The molecule has 1 aromatic carbocycles. The molecule has 7 nitrogen and oxygen atoms in total. The number of ether oxygens (including phenoxy) is 1. The number of aromatic amines is 1. The summed E-state index contributed by atoms with van der Waals surface area (Å²) in [5.74, 6) is 1.47. The lowest BCUT2D eigenvalue weighted by Gasteiger charge is -2.45. The molecule has 1 saturated carbocycles. The smallest absolute Gasteiger partial charge is 0.381 e. The van der Waals surface area contributed by atoms with Crippen LogP contribution < -0.4 is 9.80 Å². The minimum Gasteiger partial charge on any atom is -0.381 e. The predicted molar refractivity (Wildman–Crippen MR) is 161 cm³/mol. The molecule has 0 spiro atoms. The number of rotatable bonds is 5. The monoisotopic (exact) mass is 590 g/mol. The minimum absolute atomic E-state index is 0.0238. The molecule has 10 heteroatoms. The number of aromatic nitrogens is 4. The van der Waals surface area contributed by atoms with Gasteiger partial charge in [0.1, 0.15) is 11.5 Å². The van der Waals surface area contributed by atoms with Gasteiger partial charge in [-0.15, -0.1) is 0 Å². The van der Waals surface area contributed by atoms with Gasteiger partial charge in [-0.1, -0.05) is 26.0 Å². The fraction of sp³-hybridized carbons (Fsp3) is 0.485. The number of aryl methyl sites for hydroxylation is 1. The Kier molecular flexibility index (Phi) is 6.68. The van der Waals surface area contributed by atoms with E-state index in [2.05, 4.69) is 58.7 Å². The highest BCUT2D eigenvalue weighted by molar-refractivity contribution is 5.93. The van der Waals surface area contributed by atoms with E-state index < -0.39 is 11.7 Å². The quantitative estimate of drug-likeness (QED) is 0.269. The van der Waals surface area contributed by atoms with Crippen LogP contribution in [0, 0.1) is 12.3 Å². The zero-order valence-electron chi connectivity index (χ0n) is 25.1. The molecule has 0 radical (unpaired) electrons. The van der Waals surface area contributed by atoms with Crippen LogP contribution in [0.2, 0.25) is 0 Å². The number of H-pyrrole nitrogens is 1. The van der Waals surface area contributed by atoms with Gasteiger partial charge in [-0.05, 0) is 55.4 Å². The Morgan fingerprint density at radius 2 is 1.86 bits per heavy atom. The lowest BCUT2D eigenvalue weighted by molar-refractivity contribution is -0.137. The van der Waals surface area contributed by atoms with Crippen LogP contribution in [0.4, 0.5) is 24.7 Å². The summed E-state index contributed by atoms with van der Waals surface area (Å²) >= 11 is 0. The molecule has 1 aliphatic carbocycles. The summed E-state index contributed by atoms with van der Waals surface area (Å²) in [6.45, 7) is 9.20. The van der Waals surface area contributed by atoms with Crippen molar-refractivity contribution >= 4 is 22.5 Å². The summed E-state index contributed by atoms with van der Waals surface area (Å²) in [6, 6.07) is 8.41. The van der Waals surface area contributed by atoms with Crippen molar-refractivity contribution in [3.63, 3.8) is 0 Å². The van der Waals surface area contributed by atoms with Crippen LogP contribution in [0.1, 0.15) is 67.0 Å². The predicted octanol–water partition coefficient (Wildman–Crippen LogP) is 7.04. The Bertz CT molecular complexity index is 1690. The molecule has 0 bridgehead atoms. The molecule has 0 amide bonds. The van der Waals surface area contributed by atoms with Crippen molar-refractivity contribution in [3.8, 4) is 11.4 Å². The van der Waals surface area contributed by atoms with Crippen molar-refractivity contribution in [2.24, 2.45) is 5.41 Å². The van der Waals surface area contributed by atoms with E-state index in [1.54, 1.807) is 19.4 Å². The summed E-state index contributed by atoms with van der Waals surface area (Å²) in [5, 5.41) is 0.365. The fourth-order valence-corrected chi connectivity index (χ4v) is 7.03. The topological polar surface area (TPSA) is 70.2 Å². The number of hydrogen-bond acceptors (Lipinski definition) is 6. The number of nitrogens with one attached hydrogen (secondary N) is 1. The van der Waals surface area contributed by atoms with Crippen molar-refractivity contribution in [2.45, 2.75) is 71.2 Å². The van der Waals surface area contributed by atoms with E-state index in [0.717, 1.165) is 36.2 Å². The Balaban J connectivity index is 1.37. The second kappa shape index (κ2) is 10.2. The van der Waals surface area contributed by atoms with E-state index in [1.165, 1.54) is 29.7 Å². The molecule has 43 heavy (non-hydrogen) atoms. The molecule has 0 unspecified atom stereocenters. The first-order chi connectivity index (χ1) is 20.5. The standard InChI is InChI=1S/C33H37F3N6O/c1-19-5-6-21(20-7-8-20)15-26(19)41-13-10-25-23(17-41)31(42-14-11-27(43-4)32(2,3)18-42)40-30(39-25)28-22-9-12-37-29(22)38-16-24(28)33(34,35)36/h5-6,9,12,15-16,20,27H,7-8,10-11,13-14,17-18H2,1-4H3,(H,37,38)/t27-/m0/s1. The second-order valence-corrected chi connectivity index (χ2v) is 13.0. The van der Waals surface area contributed by atoms with Gasteiger partial charge in [0.25, 0.3) is 0 Å². The normalized spacial score (nSPS) is 20.5. The molecule has 7 rings (SSSR count). The third-order valence-electron chi connectivity index (χ3n) is 9.49. The molecule has 5 heterocycles. The Hall–Kier alpha value is -3.66. The van der Waals surface area contributed by atoms with Crippen LogP contribution in [0.3, 0.4) is 0 Å². The molecular formula is C33H37F3N6O. The van der Waals surface area contributed by atoms with Gasteiger partial charge in [0.05, 0.1) is 17.4 Å². The second-order valence-electron chi connectivity index (χ2n) is 13.0. The van der Waals surface area contributed by atoms with Gasteiger partial charge >= 0.3 is 6.18 Å². The lowest BCUT2D eigenvalue weighted by atomic mass is 9.81. The number of halogens is 3. The number of piperidine rings is 1. The lowest BCUT2D eigenvalue weighted by Crippen LogP contribution is -2.50. The highest BCUT2D eigenvalue weighted by Gasteiger charge is 2.40. The van der Waals surface area contributed by atoms with Crippen LogP contribution in [-0.2, 0) is 23.9 Å². The SMILES string of the molecule is CO[C@H]1CCN(c2nc(-c3c(C(F)(F)F)cnc4[nH]ccc34)nc3c2CN(c2cc(C4CC4)ccc2C)CC3)CC1(C)C. The molecule has 1 N–H and O–H groups in total. The van der Waals surface area contributed by atoms with Crippen LogP contribution >= 0.6 is 0 Å². The fourth-order valence-electron chi connectivity index (χ4n) is 7.03. The van der Waals surface area contributed by atoms with E-state index in [1.807, 2.05) is 0 Å². The Morgan fingerprint density at radius 3 is 2.58 bits per heavy atom. The van der Waals surface area contributed by atoms with Gasteiger partial charge in [-0.25, -0.2) is 15.0 Å². The maximum absolute atomic E-state index is 14.4. The first kappa shape index (κ1) is 28.1. The third-order valence-corrected chi connectivity index (χ3v) is 9.49. The molecule has 3 aliphatic rings. The molecule has 2 aliphatic heterocycles. The number of alkyl halides is 3. The number of hydrogen-bond donors (Lipinski definition) is 1. The van der Waals surface area contributed by atoms with Crippen molar-refractivity contribution in [1.82, 2.24) is 19.9 Å². The van der Waals surface area contributed by atoms with E-state index in [0.29, 0.717) is 43.0 Å². The molecule has 1 atom stereocenters. The van der Waals surface area contributed by atoms with Crippen LogP contribution in [0.15, 0.2) is 36.7 Å². The largest absolute Gasteiger partial charge is 0.418 e. The average molecular weight is 591 g/mol. The first-order valence-corrected chi connectivity index (χ1v) is 15.1. The maximum atomic E-state index is 14.4. The molecular weight excluding hydrogens is 553 g/mol. The third kappa shape index (κ3) is 5.03. The van der Waals surface area contributed by atoms with E-state index in [9.17, 15) is 13.2 Å². The Labute approximate surface area is 249 Å². The average Bonchev–Trinajstić information content (AvgIpc) is 3.71. The summed E-state index contributed by atoms with van der Waals surface area (Å²) in [5.41, 5.74) is 4.98. The molecule has 3 aromatic heterocycles. The van der Waals surface area contributed by atoms with Gasteiger partial charge < -0.3 is 19.5 Å². The van der Waals surface area contributed by atoms with Crippen molar-refractivity contribution in [3.05, 3.63) is 64.6 Å². The zero-order valence-corrected chi connectivity index (χ0v) is 25.1. The molecule has 2 fully saturated rings. The van der Waals surface area contributed by atoms with Crippen molar-refractivity contribution < 1.29 is 17.9 Å². The molecule has 4 aromatic rings. The maximum Gasteiger partial charge on any atom is 0.418 e. The number of nitrogens with zero attached hydrogens (tertiary/aromatic N) is 5. The molecule has 226 valence electrons. The highest BCUT2D eigenvalue weighted by Crippen LogP contribution is 2.44. The van der Waals surface area contributed by atoms with Crippen molar-refractivity contribution in [1.29, 1.82) is 0 Å². The number of benzene rings is 1. The van der Waals surface area contributed by atoms with E-state index in [-0.39, 0.29) is 22.9 Å². The minimum atomic E-state index is -4.60. The van der Waals surface area contributed by atoms with E-state index in [4.69, 9.17) is 14.7 Å². The van der Waals surface area contributed by atoms with Gasteiger partial charge in [0, 0.05) is 79.7 Å². The van der Waals surface area contributed by atoms with E-state index >= 15 is 0 Å². The summed E-state index contributed by atoms with van der Waals surface area (Å²) in [6.07, 6.45) is 1.87. The van der Waals surface area contributed by atoms with Gasteiger partial charge in [0.2, 0.25) is 0 Å². The number of pyridine rings is 1. The Morgan fingerprint density at radius 1 is 1.05 bits per heavy atom. The van der Waals surface area contributed by atoms with Gasteiger partial charge in [0.15, 0.2) is 5.82 Å². The summed E-state index contributed by atoms with van der Waals surface area (Å²) in [7, 11) is 1.74. The molecule has 1 saturated heterocycles. The first-order valence-electron chi connectivity index (χ1n) is 15.1. The van der Waals surface area contributed by atoms with Gasteiger partial charge in [-0.2, -0.15) is 13.2 Å². The number of anilines is 2. The van der Waals surface area contributed by atoms with Crippen LogP contribution in [0.25, 0.3) is 22.4 Å². The van der Waals surface area contributed by atoms with Crippen molar-refractivity contribution in [2.75, 3.05) is 36.5 Å². The summed E-state index contributed by atoms with van der Waals surface area (Å²) < 4.78 is 48.9. The van der Waals surface area contributed by atoms with Gasteiger partial charge in [-0.3, -0.25) is 0 Å². The van der Waals surface area contributed by atoms with Crippen LogP contribution in [0.5, 0.6) is 0 Å². The number of methoxy groups -OCH3 is 1. The summed E-state index contributed by atoms with van der Waals surface area (Å²) in [4.78, 5) is 21.5. The zero-order chi connectivity index (χ0) is 30.1.